The van der Waals surface area contributed by atoms with E-state index in [1.54, 1.807) is 42.1 Å². The molecule has 0 aliphatic rings. The zero-order chi connectivity index (χ0) is 21.6. The van der Waals surface area contributed by atoms with Crippen molar-refractivity contribution < 1.29 is 9.53 Å². The Balaban J connectivity index is 1.34. The zero-order valence-electron chi connectivity index (χ0n) is 17.0. The second-order valence-electron chi connectivity index (χ2n) is 6.69. The maximum absolute atomic E-state index is 12.2. The number of hydrogen-bond donors (Lipinski definition) is 3. The second-order valence-corrected chi connectivity index (χ2v) is 6.69. The molecule has 2 aromatic carbocycles. The van der Waals surface area contributed by atoms with Crippen LogP contribution in [0.15, 0.2) is 72.9 Å². The second kappa shape index (κ2) is 8.95. The molecule has 0 fully saturated rings. The summed E-state index contributed by atoms with van der Waals surface area (Å²) in [6, 6.07) is 19.6. The van der Waals surface area contributed by atoms with E-state index in [0.717, 1.165) is 11.4 Å². The summed E-state index contributed by atoms with van der Waals surface area (Å²) < 4.78 is 6.82. The zero-order valence-corrected chi connectivity index (χ0v) is 17.0. The fraction of sp³-hybridized carbons (Fsp3) is 0.0909. The van der Waals surface area contributed by atoms with Crippen LogP contribution < -0.4 is 20.7 Å². The van der Waals surface area contributed by atoms with Crippen molar-refractivity contribution in [3.63, 3.8) is 0 Å². The van der Waals surface area contributed by atoms with E-state index in [1.807, 2.05) is 49.5 Å². The molecule has 0 radical (unpaired) electrons. The van der Waals surface area contributed by atoms with E-state index >= 15 is 0 Å². The number of hydrogen-bond acceptors (Lipinski definition) is 6. The molecule has 0 atom stereocenters. The van der Waals surface area contributed by atoms with Crippen LogP contribution in [-0.2, 0) is 0 Å². The molecule has 0 aliphatic carbocycles. The van der Waals surface area contributed by atoms with Crippen LogP contribution in [0.2, 0.25) is 0 Å². The number of carbonyl (C=O) groups is 1. The fourth-order valence-corrected chi connectivity index (χ4v) is 2.84. The minimum atomic E-state index is -0.343. The molecule has 0 unspecified atom stereocenters. The van der Waals surface area contributed by atoms with Gasteiger partial charge >= 0.3 is 6.03 Å². The molecule has 4 rings (SSSR count). The van der Waals surface area contributed by atoms with Crippen LogP contribution in [0.1, 0.15) is 5.69 Å². The standard InChI is InChI=1S/C22H21N7O2/c1-15-12-13-29(28-15)21-11-10-20(26-27-21)23-16-6-8-17(9-7-16)24-22(30)25-18-4-3-5-19(14-18)31-2/h3-14H,1-2H3,(H,23,26)(H2,24,25,30). The Morgan fingerprint density at radius 3 is 2.35 bits per heavy atom. The largest absolute Gasteiger partial charge is 0.497 e. The lowest BCUT2D eigenvalue weighted by molar-refractivity contribution is 0.262. The van der Waals surface area contributed by atoms with E-state index in [9.17, 15) is 4.79 Å². The summed E-state index contributed by atoms with van der Waals surface area (Å²) in [7, 11) is 1.58. The van der Waals surface area contributed by atoms with E-state index < -0.39 is 0 Å². The number of aryl methyl sites for hydroxylation is 1. The number of nitrogens with zero attached hydrogens (tertiary/aromatic N) is 4. The Kier molecular flexibility index (Phi) is 5.75. The van der Waals surface area contributed by atoms with Crippen LogP contribution in [0.25, 0.3) is 5.82 Å². The van der Waals surface area contributed by atoms with Gasteiger partial charge < -0.3 is 20.7 Å². The summed E-state index contributed by atoms with van der Waals surface area (Å²) in [6.45, 7) is 1.92. The summed E-state index contributed by atoms with van der Waals surface area (Å²) in [5.41, 5.74) is 3.02. The Morgan fingerprint density at radius 2 is 1.68 bits per heavy atom. The number of benzene rings is 2. The van der Waals surface area contributed by atoms with E-state index in [4.69, 9.17) is 4.74 Å². The smallest absolute Gasteiger partial charge is 0.323 e. The third kappa shape index (κ3) is 5.15. The first kappa shape index (κ1) is 19.9. The van der Waals surface area contributed by atoms with Gasteiger partial charge in [0, 0.05) is 29.3 Å². The van der Waals surface area contributed by atoms with Gasteiger partial charge in [-0.15, -0.1) is 10.2 Å². The fourth-order valence-electron chi connectivity index (χ4n) is 2.84. The molecule has 156 valence electrons. The number of carbonyl (C=O) groups excluding carboxylic acids is 1. The molecular weight excluding hydrogens is 394 g/mol. The van der Waals surface area contributed by atoms with Gasteiger partial charge in [-0.05, 0) is 61.5 Å². The highest BCUT2D eigenvalue weighted by molar-refractivity contribution is 5.99. The summed E-state index contributed by atoms with van der Waals surface area (Å²) in [6.07, 6.45) is 1.84. The molecule has 9 heteroatoms. The van der Waals surface area contributed by atoms with Crippen molar-refractivity contribution in [3.8, 4) is 11.6 Å². The molecule has 3 N–H and O–H groups in total. The SMILES string of the molecule is COc1cccc(NC(=O)Nc2ccc(Nc3ccc(-n4ccc(C)n4)nn3)cc2)c1. The normalized spacial score (nSPS) is 10.4. The highest BCUT2D eigenvalue weighted by atomic mass is 16.5. The molecule has 2 heterocycles. The third-order valence-electron chi connectivity index (χ3n) is 4.35. The van der Waals surface area contributed by atoms with Crippen molar-refractivity contribution in [1.29, 1.82) is 0 Å². The van der Waals surface area contributed by atoms with E-state index in [1.165, 1.54) is 0 Å². The molecule has 2 amide bonds. The molecule has 0 bridgehead atoms. The van der Waals surface area contributed by atoms with Crippen LogP contribution in [-0.4, -0.2) is 33.1 Å². The molecule has 0 saturated carbocycles. The minimum Gasteiger partial charge on any atom is -0.497 e. The number of rotatable bonds is 6. The topological polar surface area (TPSA) is 106 Å². The molecular formula is C22H21N7O2. The number of urea groups is 1. The van der Waals surface area contributed by atoms with E-state index in [2.05, 4.69) is 31.2 Å². The molecule has 2 aromatic heterocycles. The van der Waals surface area contributed by atoms with Crippen LogP contribution >= 0.6 is 0 Å². The van der Waals surface area contributed by atoms with Gasteiger partial charge in [0.25, 0.3) is 0 Å². The van der Waals surface area contributed by atoms with Crippen LogP contribution in [0.3, 0.4) is 0 Å². The van der Waals surface area contributed by atoms with Gasteiger partial charge in [-0.25, -0.2) is 9.48 Å². The maximum atomic E-state index is 12.2. The van der Waals surface area contributed by atoms with Crippen molar-refractivity contribution >= 4 is 28.9 Å². The van der Waals surface area contributed by atoms with Crippen LogP contribution in [0, 0.1) is 6.92 Å². The quantitative estimate of drug-likeness (QED) is 0.432. The van der Waals surface area contributed by atoms with Crippen molar-refractivity contribution in [2.45, 2.75) is 6.92 Å². The average molecular weight is 415 g/mol. The molecule has 0 aliphatic heterocycles. The van der Waals surface area contributed by atoms with Crippen molar-refractivity contribution in [2.75, 3.05) is 23.1 Å². The summed E-state index contributed by atoms with van der Waals surface area (Å²) >= 11 is 0. The lowest BCUT2D eigenvalue weighted by Gasteiger charge is -2.10. The van der Waals surface area contributed by atoms with Gasteiger partial charge in [-0.2, -0.15) is 5.10 Å². The van der Waals surface area contributed by atoms with Gasteiger partial charge in [-0.1, -0.05) is 6.07 Å². The number of aromatic nitrogens is 4. The van der Waals surface area contributed by atoms with Crippen molar-refractivity contribution in [2.24, 2.45) is 0 Å². The summed E-state index contributed by atoms with van der Waals surface area (Å²) in [4.78, 5) is 12.2. The number of amides is 2. The molecule has 0 spiro atoms. The molecule has 9 nitrogen and oxygen atoms in total. The monoisotopic (exact) mass is 415 g/mol. The predicted molar refractivity (Wildman–Crippen MR) is 119 cm³/mol. The lowest BCUT2D eigenvalue weighted by Crippen LogP contribution is -2.19. The highest BCUT2D eigenvalue weighted by Gasteiger charge is 2.05. The predicted octanol–water partition coefficient (Wildman–Crippen LogP) is 4.37. The van der Waals surface area contributed by atoms with E-state index in [0.29, 0.717) is 28.8 Å². The number of anilines is 4. The molecule has 0 saturated heterocycles. The van der Waals surface area contributed by atoms with Gasteiger partial charge in [0.05, 0.1) is 12.8 Å². The van der Waals surface area contributed by atoms with Crippen molar-refractivity contribution in [3.05, 3.63) is 78.6 Å². The highest BCUT2D eigenvalue weighted by Crippen LogP contribution is 2.19. The maximum Gasteiger partial charge on any atom is 0.323 e. The Bertz CT molecular complexity index is 1170. The van der Waals surface area contributed by atoms with Gasteiger partial charge in [-0.3, -0.25) is 0 Å². The number of methoxy groups -OCH3 is 1. The Labute approximate surface area is 179 Å². The average Bonchev–Trinajstić information content (AvgIpc) is 3.22. The Morgan fingerprint density at radius 1 is 0.903 bits per heavy atom. The third-order valence-corrected chi connectivity index (χ3v) is 4.35. The first-order valence-corrected chi connectivity index (χ1v) is 9.54. The lowest BCUT2D eigenvalue weighted by atomic mass is 10.2. The van der Waals surface area contributed by atoms with Crippen LogP contribution in [0.4, 0.5) is 27.7 Å². The van der Waals surface area contributed by atoms with Crippen molar-refractivity contribution in [1.82, 2.24) is 20.0 Å². The Hall–Kier alpha value is -4.40. The first-order valence-electron chi connectivity index (χ1n) is 9.54. The number of ether oxygens (including phenoxy) is 1. The number of nitrogens with one attached hydrogen (secondary N) is 3. The van der Waals surface area contributed by atoms with Gasteiger partial charge in [0.2, 0.25) is 0 Å². The molecule has 31 heavy (non-hydrogen) atoms. The van der Waals surface area contributed by atoms with E-state index in [-0.39, 0.29) is 6.03 Å². The van der Waals surface area contributed by atoms with Crippen LogP contribution in [0.5, 0.6) is 5.75 Å². The first-order chi connectivity index (χ1) is 15.1. The summed E-state index contributed by atoms with van der Waals surface area (Å²) in [5.74, 6) is 1.91. The molecule has 4 aromatic rings. The van der Waals surface area contributed by atoms with Gasteiger partial charge in [0.15, 0.2) is 11.6 Å². The van der Waals surface area contributed by atoms with Gasteiger partial charge in [0.1, 0.15) is 5.75 Å². The summed E-state index contributed by atoms with van der Waals surface area (Å²) in [5, 5.41) is 21.4. The minimum absolute atomic E-state index is 0.343.